The fraction of sp³-hybridized carbons (Fsp3) is 0.308. The van der Waals surface area contributed by atoms with E-state index < -0.39 is 0 Å². The molecule has 2 aromatic rings. The molecule has 0 atom stereocenters. The van der Waals surface area contributed by atoms with Crippen LogP contribution in [0.4, 0.5) is 5.69 Å². The Morgan fingerprint density at radius 1 is 1.13 bits per heavy atom. The lowest BCUT2D eigenvalue weighted by atomic mass is 10.0. The minimum absolute atomic E-state index is 1.10. The summed E-state index contributed by atoms with van der Waals surface area (Å²) in [5.41, 5.74) is 3.59. The molecule has 0 radical (unpaired) electrons. The van der Waals surface area contributed by atoms with Gasteiger partial charge in [0.15, 0.2) is 0 Å². The summed E-state index contributed by atoms with van der Waals surface area (Å²) in [6.07, 6.45) is 1.95. The molecule has 0 aliphatic carbocycles. The van der Waals surface area contributed by atoms with Crippen LogP contribution in [-0.2, 0) is 0 Å². The number of rotatable bonds is 1. The molecule has 0 saturated carbocycles. The minimum atomic E-state index is 1.10. The third-order valence-electron chi connectivity index (χ3n) is 2.76. The number of aryl methyl sites for hydroxylation is 2. The predicted molar refractivity (Wildman–Crippen MR) is 65.5 cm³/mol. The van der Waals surface area contributed by atoms with Crippen LogP contribution in [0.3, 0.4) is 0 Å². The van der Waals surface area contributed by atoms with Crippen molar-refractivity contribution in [1.82, 2.24) is 4.98 Å². The minimum Gasteiger partial charge on any atom is -0.377 e. The Morgan fingerprint density at radius 3 is 2.53 bits per heavy atom. The molecular weight excluding hydrogens is 184 g/mol. The summed E-state index contributed by atoms with van der Waals surface area (Å²) >= 11 is 0. The van der Waals surface area contributed by atoms with Gasteiger partial charge in [0.05, 0.1) is 0 Å². The van der Waals surface area contributed by atoms with E-state index in [-0.39, 0.29) is 0 Å². The summed E-state index contributed by atoms with van der Waals surface area (Å²) in [5, 5.41) is 2.57. The number of aromatic nitrogens is 1. The SMILES string of the molecule is Cc1ncc(C)c2c(N(C)C)cccc12. The third kappa shape index (κ3) is 1.56. The molecule has 78 valence electrons. The van der Waals surface area contributed by atoms with Crippen molar-refractivity contribution in [2.75, 3.05) is 19.0 Å². The summed E-state index contributed by atoms with van der Waals surface area (Å²) in [4.78, 5) is 6.54. The van der Waals surface area contributed by atoms with Crippen LogP contribution in [0.25, 0.3) is 10.8 Å². The monoisotopic (exact) mass is 200 g/mol. The van der Waals surface area contributed by atoms with Gasteiger partial charge >= 0.3 is 0 Å². The molecule has 0 saturated heterocycles. The molecule has 1 heterocycles. The molecule has 0 aliphatic rings. The van der Waals surface area contributed by atoms with Crippen molar-refractivity contribution >= 4 is 16.5 Å². The van der Waals surface area contributed by atoms with Crippen LogP contribution in [0.2, 0.25) is 0 Å². The van der Waals surface area contributed by atoms with Crippen molar-refractivity contribution in [3.63, 3.8) is 0 Å². The van der Waals surface area contributed by atoms with Crippen molar-refractivity contribution in [2.24, 2.45) is 0 Å². The lowest BCUT2D eigenvalue weighted by molar-refractivity contribution is 1.13. The fourth-order valence-electron chi connectivity index (χ4n) is 1.96. The summed E-state index contributed by atoms with van der Waals surface area (Å²) < 4.78 is 0. The van der Waals surface area contributed by atoms with Crippen LogP contribution >= 0.6 is 0 Å². The molecule has 0 fully saturated rings. The first-order valence-corrected chi connectivity index (χ1v) is 5.13. The Kier molecular flexibility index (Phi) is 2.35. The topological polar surface area (TPSA) is 16.1 Å². The normalized spacial score (nSPS) is 10.7. The van der Waals surface area contributed by atoms with Gasteiger partial charge in [-0.2, -0.15) is 0 Å². The van der Waals surface area contributed by atoms with Gasteiger partial charge in [0.1, 0.15) is 0 Å². The van der Waals surface area contributed by atoms with Crippen LogP contribution in [-0.4, -0.2) is 19.1 Å². The van der Waals surface area contributed by atoms with Gasteiger partial charge in [0.25, 0.3) is 0 Å². The highest BCUT2D eigenvalue weighted by Gasteiger charge is 2.07. The summed E-state index contributed by atoms with van der Waals surface area (Å²) in [6, 6.07) is 6.37. The molecular formula is C13H16N2. The molecule has 15 heavy (non-hydrogen) atoms. The van der Waals surface area contributed by atoms with E-state index in [1.54, 1.807) is 0 Å². The zero-order valence-corrected chi connectivity index (χ0v) is 9.70. The average molecular weight is 200 g/mol. The molecule has 2 nitrogen and oxygen atoms in total. The van der Waals surface area contributed by atoms with Crippen molar-refractivity contribution in [1.29, 1.82) is 0 Å². The number of pyridine rings is 1. The van der Waals surface area contributed by atoms with Gasteiger partial charge in [-0.25, -0.2) is 0 Å². The highest BCUT2D eigenvalue weighted by atomic mass is 15.1. The number of hydrogen-bond acceptors (Lipinski definition) is 2. The lowest BCUT2D eigenvalue weighted by Crippen LogP contribution is -2.09. The number of hydrogen-bond donors (Lipinski definition) is 0. The molecule has 2 rings (SSSR count). The van der Waals surface area contributed by atoms with Crippen LogP contribution in [0.1, 0.15) is 11.3 Å². The first-order valence-electron chi connectivity index (χ1n) is 5.13. The van der Waals surface area contributed by atoms with Gasteiger partial charge in [-0.3, -0.25) is 4.98 Å². The van der Waals surface area contributed by atoms with Crippen LogP contribution in [0, 0.1) is 13.8 Å². The van der Waals surface area contributed by atoms with Crippen LogP contribution in [0.5, 0.6) is 0 Å². The Balaban J connectivity index is 2.90. The molecule has 2 heteroatoms. The second-order valence-electron chi connectivity index (χ2n) is 4.12. The molecule has 0 bridgehead atoms. The third-order valence-corrected chi connectivity index (χ3v) is 2.76. The van der Waals surface area contributed by atoms with Gasteiger partial charge in [-0.05, 0) is 25.5 Å². The Bertz CT molecular complexity index is 501. The van der Waals surface area contributed by atoms with E-state index in [1.807, 2.05) is 6.20 Å². The van der Waals surface area contributed by atoms with E-state index in [0.717, 1.165) is 5.69 Å². The van der Waals surface area contributed by atoms with Crippen molar-refractivity contribution in [3.8, 4) is 0 Å². The van der Waals surface area contributed by atoms with E-state index in [9.17, 15) is 0 Å². The Labute approximate surface area is 90.6 Å². The van der Waals surface area contributed by atoms with E-state index in [2.05, 4.69) is 56.0 Å². The molecule has 0 spiro atoms. The molecule has 1 aromatic carbocycles. The highest BCUT2D eigenvalue weighted by Crippen LogP contribution is 2.29. The smallest absolute Gasteiger partial charge is 0.0451 e. The quantitative estimate of drug-likeness (QED) is 0.703. The highest BCUT2D eigenvalue weighted by molar-refractivity contribution is 5.97. The van der Waals surface area contributed by atoms with Gasteiger partial charge in [-0.15, -0.1) is 0 Å². The molecule has 0 amide bonds. The van der Waals surface area contributed by atoms with Crippen LogP contribution < -0.4 is 4.90 Å². The van der Waals surface area contributed by atoms with Gasteiger partial charge in [0, 0.05) is 42.4 Å². The van der Waals surface area contributed by atoms with E-state index in [4.69, 9.17) is 0 Å². The van der Waals surface area contributed by atoms with E-state index in [1.165, 1.54) is 22.0 Å². The fourth-order valence-corrected chi connectivity index (χ4v) is 1.96. The zero-order valence-electron chi connectivity index (χ0n) is 9.70. The largest absolute Gasteiger partial charge is 0.377 e. The van der Waals surface area contributed by atoms with Gasteiger partial charge in [-0.1, -0.05) is 12.1 Å². The molecule has 0 aliphatic heterocycles. The Hall–Kier alpha value is -1.57. The van der Waals surface area contributed by atoms with E-state index in [0.29, 0.717) is 0 Å². The van der Waals surface area contributed by atoms with Crippen molar-refractivity contribution < 1.29 is 0 Å². The van der Waals surface area contributed by atoms with Gasteiger partial charge in [0.2, 0.25) is 0 Å². The second kappa shape index (κ2) is 3.54. The number of benzene rings is 1. The zero-order chi connectivity index (χ0) is 11.0. The van der Waals surface area contributed by atoms with E-state index >= 15 is 0 Å². The standard InChI is InChI=1S/C13H16N2/c1-9-8-14-10(2)11-6-5-7-12(13(9)11)15(3)4/h5-8H,1-4H3. The molecule has 1 aromatic heterocycles. The van der Waals surface area contributed by atoms with Crippen molar-refractivity contribution in [2.45, 2.75) is 13.8 Å². The second-order valence-corrected chi connectivity index (χ2v) is 4.12. The molecule has 0 N–H and O–H groups in total. The van der Waals surface area contributed by atoms with Gasteiger partial charge < -0.3 is 4.90 Å². The van der Waals surface area contributed by atoms with Crippen molar-refractivity contribution in [3.05, 3.63) is 35.7 Å². The Morgan fingerprint density at radius 2 is 1.87 bits per heavy atom. The maximum Gasteiger partial charge on any atom is 0.0451 e. The lowest BCUT2D eigenvalue weighted by Gasteiger charge is -2.17. The summed E-state index contributed by atoms with van der Waals surface area (Å²) in [7, 11) is 4.15. The summed E-state index contributed by atoms with van der Waals surface area (Å²) in [6.45, 7) is 4.17. The summed E-state index contributed by atoms with van der Waals surface area (Å²) in [5.74, 6) is 0. The maximum absolute atomic E-state index is 4.39. The predicted octanol–water partition coefficient (Wildman–Crippen LogP) is 2.92. The first kappa shape index (κ1) is 9.97. The number of anilines is 1. The maximum atomic E-state index is 4.39. The first-order chi connectivity index (χ1) is 7.11. The molecule has 0 unspecified atom stereocenters. The number of nitrogens with zero attached hydrogens (tertiary/aromatic N) is 2. The number of fused-ring (bicyclic) bond motifs is 1. The van der Waals surface area contributed by atoms with Crippen LogP contribution in [0.15, 0.2) is 24.4 Å². The average Bonchev–Trinajstić information content (AvgIpc) is 2.23.